The Morgan fingerprint density at radius 2 is 1.44 bits per heavy atom. The minimum atomic E-state index is 0. The topological polar surface area (TPSA) is 0 Å². The van der Waals surface area contributed by atoms with Crippen molar-refractivity contribution in [3.63, 3.8) is 0 Å². The van der Waals surface area contributed by atoms with Gasteiger partial charge in [0.05, 0.1) is 0 Å². The molecule has 9 heteroatoms. The van der Waals surface area contributed by atoms with E-state index in [0.29, 0.717) is 4.25 Å². The van der Waals surface area contributed by atoms with Gasteiger partial charge in [-0.15, -0.1) is 0 Å². The molecule has 0 spiro atoms. The van der Waals surface area contributed by atoms with Crippen molar-refractivity contribution in [1.82, 2.24) is 0 Å². The van der Waals surface area contributed by atoms with E-state index < -0.39 is 0 Å². The van der Waals surface area contributed by atoms with Crippen LogP contribution in [0.15, 0.2) is 0 Å². The molecule has 1 unspecified atom stereocenters. The summed E-state index contributed by atoms with van der Waals surface area (Å²) in [6.07, 6.45) is 0. The molecule has 9 heavy (non-hydrogen) atoms. The zero-order valence-electron chi connectivity index (χ0n) is 3.57. The summed E-state index contributed by atoms with van der Waals surface area (Å²) in [5.74, 6) is 0. The number of rotatable bonds is 0. The molecule has 0 nitrogen and oxygen atoms in total. The molecule has 0 amide bonds. The molecule has 0 aromatic rings. The van der Waals surface area contributed by atoms with Gasteiger partial charge in [-0.1, -0.05) is 0 Å². The van der Waals surface area contributed by atoms with Crippen LogP contribution >= 0.6 is 4.25 Å². The minimum absolute atomic E-state index is 0. The van der Waals surface area contributed by atoms with Gasteiger partial charge >= 0.3 is 85.5 Å². The van der Waals surface area contributed by atoms with E-state index in [1.807, 2.05) is 0 Å². The van der Waals surface area contributed by atoms with Crippen LogP contribution in [0.1, 0.15) is 0 Å². The molecule has 1 radical (unpaired) electrons. The Morgan fingerprint density at radius 3 is 1.44 bits per heavy atom. The minimum Gasteiger partial charge on any atom is 0 e. The molecule has 0 N–H and O–H groups in total. The Labute approximate surface area is 139 Å². The molecule has 0 fully saturated rings. The molecule has 0 saturated carbocycles. The second-order valence-corrected chi connectivity index (χ2v) is 26.6. The first-order chi connectivity index (χ1) is 1.73. The molecule has 0 saturated heterocycles. The van der Waals surface area contributed by atoms with Crippen molar-refractivity contribution in [1.29, 1.82) is 0 Å². The van der Waals surface area contributed by atoms with Crippen molar-refractivity contribution >= 4 is 66.2 Å². The summed E-state index contributed by atoms with van der Waals surface area (Å²) in [5.41, 5.74) is 0. The second-order valence-electron chi connectivity index (χ2n) is 0.464. The first kappa shape index (κ1) is 37.2. The second kappa shape index (κ2) is 29.3. The maximum Gasteiger partial charge on any atom is 0 e. The van der Waals surface area contributed by atoms with Gasteiger partial charge in [-0.25, -0.2) is 0 Å². The predicted molar refractivity (Wildman–Crippen MR) is 42.5 cm³/mol. The molecule has 0 aliphatic heterocycles. The fraction of sp³-hybridized carbons (Fsp3) is 0. The molecular formula is H9GeLiMoNiPSeSiTiV. The van der Waals surface area contributed by atoms with Crippen LogP contribution in [-0.2, 0) is 76.1 Å². The first-order valence-corrected chi connectivity index (χ1v) is 10.4. The number of hydrogen-bond donors (Lipinski definition) is 0. The predicted octanol–water partition coefficient (Wildman–Crippen LogP) is -3.08. The molecule has 0 aromatic heterocycles. The van der Waals surface area contributed by atoms with Gasteiger partial charge in [0, 0.05) is 56.8 Å². The SMILES string of the molecule is [GeH4].[LiH].[Ni].[SiH3][P]([SeH])[Mo].[Ti].[V]. The molecule has 0 aliphatic carbocycles. The van der Waals surface area contributed by atoms with E-state index in [0.717, 1.165) is 0 Å². The van der Waals surface area contributed by atoms with Crippen LogP contribution in [0.2, 0.25) is 0 Å². The molecule has 0 aromatic carbocycles. The summed E-state index contributed by atoms with van der Waals surface area (Å²) in [5, 5.41) is 0. The summed E-state index contributed by atoms with van der Waals surface area (Å²) in [6.45, 7) is 0. The monoisotopic (exact) mass is 484 g/mol. The molecule has 0 rings (SSSR count). The Hall–Kier alpha value is 4.79. The maximum atomic E-state index is 2.67. The quantitative estimate of drug-likeness (QED) is 0.255. The third-order valence-electron chi connectivity index (χ3n) is 0. The van der Waals surface area contributed by atoms with E-state index in [-0.39, 0.29) is 93.2 Å². The first-order valence-electron chi connectivity index (χ1n) is 0.830. The van der Waals surface area contributed by atoms with E-state index in [2.05, 4.69) is 34.9 Å². The molecule has 0 aliphatic rings. The van der Waals surface area contributed by atoms with E-state index >= 15 is 0 Å². The molecule has 0 bridgehead atoms. The van der Waals surface area contributed by atoms with Crippen LogP contribution in [0.4, 0.5) is 0 Å². The maximum absolute atomic E-state index is 2.67. The van der Waals surface area contributed by atoms with Crippen LogP contribution in [0.5, 0.6) is 0 Å². The summed E-state index contributed by atoms with van der Waals surface area (Å²) in [6, 6.07) is 0. The molecular weight excluding hydrogens is 471 g/mol. The van der Waals surface area contributed by atoms with Gasteiger partial charge in [-0.3, -0.25) is 0 Å². The van der Waals surface area contributed by atoms with E-state index in [1.165, 1.54) is 9.91 Å². The zero-order chi connectivity index (χ0) is 3.58. The fourth-order valence-corrected chi connectivity index (χ4v) is 0. The Kier molecular flexibility index (Phi) is 121. The van der Waals surface area contributed by atoms with Crippen LogP contribution in [0, 0.1) is 0 Å². The third kappa shape index (κ3) is 64.9. The van der Waals surface area contributed by atoms with Crippen molar-refractivity contribution in [2.24, 2.45) is 0 Å². The van der Waals surface area contributed by atoms with Crippen LogP contribution in [-0.4, -0.2) is 61.9 Å². The zero-order valence-corrected chi connectivity index (χ0v) is 14.3. The van der Waals surface area contributed by atoms with E-state index in [9.17, 15) is 0 Å². The van der Waals surface area contributed by atoms with Gasteiger partial charge in [0.15, 0.2) is 0 Å². The van der Waals surface area contributed by atoms with Gasteiger partial charge in [-0.2, -0.15) is 0 Å². The number of hydrogen-bond acceptors (Lipinski definition) is 0. The molecule has 0 heterocycles. The van der Waals surface area contributed by atoms with Gasteiger partial charge in [-0.05, 0) is 0 Å². The van der Waals surface area contributed by atoms with E-state index in [4.69, 9.17) is 0 Å². The molecule has 54 valence electrons. The van der Waals surface area contributed by atoms with Crippen molar-refractivity contribution in [3.8, 4) is 0 Å². The van der Waals surface area contributed by atoms with Crippen molar-refractivity contribution in [3.05, 3.63) is 0 Å². The average molecular weight is 480 g/mol. The normalized spacial score (nSPS) is 7.22. The third-order valence-corrected chi connectivity index (χ3v) is 0. The standard InChI is InChI=1S/GeH4.Li.Mo.Ni.H4PSeSi.Ti.V.H/c;;;;2-1-3;;;/h1H4;;;;2H,3H3;;;/q;;+1;;-1;;;. The van der Waals surface area contributed by atoms with Gasteiger partial charge in [0.1, 0.15) is 0 Å². The molecule has 1 atom stereocenters. The summed E-state index contributed by atoms with van der Waals surface area (Å²) in [7, 11) is 1.39. The smallest absolute Gasteiger partial charge is 0 e. The van der Waals surface area contributed by atoms with Gasteiger partial charge < -0.3 is 0 Å². The van der Waals surface area contributed by atoms with Crippen LogP contribution < -0.4 is 0 Å². The van der Waals surface area contributed by atoms with Crippen LogP contribution in [0.3, 0.4) is 0 Å². The van der Waals surface area contributed by atoms with Crippen molar-refractivity contribution < 1.29 is 76.1 Å². The van der Waals surface area contributed by atoms with E-state index in [1.54, 1.807) is 0 Å². The largest absolute Gasteiger partial charge is 0 e. The Bertz CT molecular complexity index is 33.3. The average Bonchev–Trinajstić information content (AvgIpc) is 0.811. The van der Waals surface area contributed by atoms with Crippen LogP contribution in [0.25, 0.3) is 0 Å². The van der Waals surface area contributed by atoms with Gasteiger partial charge in [0.25, 0.3) is 0 Å². The van der Waals surface area contributed by atoms with Crippen molar-refractivity contribution in [2.45, 2.75) is 0 Å². The Morgan fingerprint density at radius 1 is 1.44 bits per heavy atom. The summed E-state index contributed by atoms with van der Waals surface area (Å²) in [4.78, 5) is 0. The summed E-state index contributed by atoms with van der Waals surface area (Å²) < 4.78 is 0.466. The summed E-state index contributed by atoms with van der Waals surface area (Å²) >= 11 is 4.87. The van der Waals surface area contributed by atoms with Crippen molar-refractivity contribution in [2.75, 3.05) is 0 Å². The van der Waals surface area contributed by atoms with Gasteiger partial charge in [0.2, 0.25) is 0 Å². The fourth-order valence-electron chi connectivity index (χ4n) is 0. The Balaban J connectivity index is -0.00000000450.